The lowest BCUT2D eigenvalue weighted by Crippen LogP contribution is -2.15. The third kappa shape index (κ3) is 3.51. The summed E-state index contributed by atoms with van der Waals surface area (Å²) in [5.74, 6) is -0.492. The first kappa shape index (κ1) is 18.3. The number of sulfonamides is 1. The molecule has 3 aromatic carbocycles. The number of hydrogen-bond donors (Lipinski definition) is 2. The van der Waals surface area contributed by atoms with Gasteiger partial charge in [-0.3, -0.25) is 9.52 Å². The fourth-order valence-electron chi connectivity index (χ4n) is 2.71. The molecule has 0 spiro atoms. The minimum Gasteiger partial charge on any atom is -0.454 e. The second-order valence-corrected chi connectivity index (χ2v) is 8.09. The summed E-state index contributed by atoms with van der Waals surface area (Å²) in [6.07, 6.45) is 0. The Kier molecular flexibility index (Phi) is 4.44. The number of amides is 1. The molecule has 0 bridgehead atoms. The van der Waals surface area contributed by atoms with Gasteiger partial charge in [-0.25, -0.2) is 12.8 Å². The smallest absolute Gasteiger partial charge is 0.261 e. The van der Waals surface area contributed by atoms with E-state index < -0.39 is 21.7 Å². The minimum absolute atomic E-state index is 0.130. The van der Waals surface area contributed by atoms with Crippen LogP contribution in [0.1, 0.15) is 10.4 Å². The zero-order valence-electron chi connectivity index (χ0n) is 14.1. The van der Waals surface area contributed by atoms with E-state index in [2.05, 4.69) is 10.0 Å². The van der Waals surface area contributed by atoms with E-state index in [4.69, 9.17) is 16.3 Å². The summed E-state index contributed by atoms with van der Waals surface area (Å²) < 4.78 is 46.3. The molecule has 6 nitrogen and oxygen atoms in total. The van der Waals surface area contributed by atoms with E-state index >= 15 is 0 Å². The van der Waals surface area contributed by atoms with Crippen LogP contribution in [0.2, 0.25) is 5.02 Å². The maximum Gasteiger partial charge on any atom is 0.261 e. The van der Waals surface area contributed by atoms with Crippen molar-refractivity contribution in [2.24, 2.45) is 0 Å². The summed E-state index contributed by atoms with van der Waals surface area (Å²) in [5, 5.41) is 3.10. The van der Waals surface area contributed by atoms with Gasteiger partial charge in [-0.15, -0.1) is 0 Å². The van der Waals surface area contributed by atoms with Crippen LogP contribution >= 0.6 is 11.6 Å². The molecule has 0 saturated heterocycles. The van der Waals surface area contributed by atoms with E-state index in [-0.39, 0.29) is 21.9 Å². The first-order valence-electron chi connectivity index (χ1n) is 8.03. The molecular weight excluding hydrogens is 407 g/mol. The summed E-state index contributed by atoms with van der Waals surface area (Å²) in [6.45, 7) is 0. The van der Waals surface area contributed by atoms with Gasteiger partial charge in [-0.05, 0) is 54.6 Å². The first-order valence-corrected chi connectivity index (χ1v) is 9.89. The second-order valence-electron chi connectivity index (χ2n) is 5.97. The Morgan fingerprint density at radius 1 is 1.00 bits per heavy atom. The predicted octanol–water partition coefficient (Wildman–Crippen LogP) is 4.64. The van der Waals surface area contributed by atoms with Crippen molar-refractivity contribution >= 4 is 38.9 Å². The van der Waals surface area contributed by atoms with Crippen molar-refractivity contribution in [3.8, 4) is 11.5 Å². The number of benzene rings is 3. The highest BCUT2D eigenvalue weighted by Gasteiger charge is 2.23. The predicted molar refractivity (Wildman–Crippen MR) is 103 cm³/mol. The fourth-order valence-corrected chi connectivity index (χ4v) is 3.96. The van der Waals surface area contributed by atoms with Crippen LogP contribution in [0.4, 0.5) is 15.8 Å². The SMILES string of the molecule is O=C1Nc2cc(Cl)ccc2Oc2ccc(NS(=O)(=O)c3cccc(F)c3)cc21. The molecular formula is C19H12ClFN2O4S. The largest absolute Gasteiger partial charge is 0.454 e. The molecule has 1 aliphatic rings. The quantitative estimate of drug-likeness (QED) is 0.649. The number of carbonyl (C=O) groups excluding carboxylic acids is 1. The van der Waals surface area contributed by atoms with Gasteiger partial charge in [0.25, 0.3) is 15.9 Å². The number of halogens is 2. The van der Waals surface area contributed by atoms with Crippen molar-refractivity contribution < 1.29 is 22.3 Å². The highest BCUT2D eigenvalue weighted by Crippen LogP contribution is 2.38. The van der Waals surface area contributed by atoms with E-state index in [9.17, 15) is 17.6 Å². The Hall–Kier alpha value is -3.10. The third-order valence-electron chi connectivity index (χ3n) is 3.99. The lowest BCUT2D eigenvalue weighted by atomic mass is 10.1. The van der Waals surface area contributed by atoms with E-state index in [1.54, 1.807) is 18.2 Å². The van der Waals surface area contributed by atoms with Crippen LogP contribution in [0, 0.1) is 5.82 Å². The summed E-state index contributed by atoms with van der Waals surface area (Å²) in [4.78, 5) is 12.3. The Bertz CT molecular complexity index is 1210. The summed E-state index contributed by atoms with van der Waals surface area (Å²) in [7, 11) is -4.03. The van der Waals surface area contributed by atoms with Crippen LogP contribution in [0.25, 0.3) is 0 Å². The third-order valence-corrected chi connectivity index (χ3v) is 5.61. The van der Waals surface area contributed by atoms with E-state index in [1.165, 1.54) is 30.3 Å². The fraction of sp³-hybridized carbons (Fsp3) is 0. The molecule has 2 N–H and O–H groups in total. The molecule has 142 valence electrons. The number of anilines is 2. The molecule has 0 fully saturated rings. The Labute approximate surface area is 165 Å². The standard InChI is InChI=1S/C19H12ClFN2O4S/c20-11-4-6-18-16(8-11)22-19(24)15-10-13(5-7-17(15)27-18)23-28(25,26)14-3-1-2-12(21)9-14/h1-10,23H,(H,22,24). The zero-order valence-corrected chi connectivity index (χ0v) is 15.6. The number of hydrogen-bond acceptors (Lipinski definition) is 4. The molecule has 1 amide bonds. The molecule has 28 heavy (non-hydrogen) atoms. The average Bonchev–Trinajstić information content (AvgIpc) is 2.77. The van der Waals surface area contributed by atoms with Crippen molar-refractivity contribution in [1.29, 1.82) is 0 Å². The van der Waals surface area contributed by atoms with E-state index in [0.29, 0.717) is 16.5 Å². The van der Waals surface area contributed by atoms with Crippen LogP contribution in [0.15, 0.2) is 65.6 Å². The molecule has 0 unspecified atom stereocenters. The summed E-state index contributed by atoms with van der Waals surface area (Å²) >= 11 is 5.95. The summed E-state index contributed by atoms with van der Waals surface area (Å²) in [6, 6.07) is 13.7. The molecule has 1 heterocycles. The van der Waals surface area contributed by atoms with Crippen LogP contribution in [0.5, 0.6) is 11.5 Å². The molecule has 0 aromatic heterocycles. The molecule has 3 aromatic rings. The molecule has 0 atom stereocenters. The Morgan fingerprint density at radius 3 is 2.57 bits per heavy atom. The molecule has 9 heteroatoms. The molecule has 1 aliphatic heterocycles. The van der Waals surface area contributed by atoms with Crippen molar-refractivity contribution in [1.82, 2.24) is 0 Å². The molecule has 4 rings (SSSR count). The van der Waals surface area contributed by atoms with Gasteiger partial charge in [0, 0.05) is 10.7 Å². The topological polar surface area (TPSA) is 84.5 Å². The summed E-state index contributed by atoms with van der Waals surface area (Å²) in [5.41, 5.74) is 0.660. The van der Waals surface area contributed by atoms with Crippen LogP contribution in [-0.4, -0.2) is 14.3 Å². The molecule has 0 radical (unpaired) electrons. The Morgan fingerprint density at radius 2 is 1.79 bits per heavy atom. The maximum atomic E-state index is 13.3. The highest BCUT2D eigenvalue weighted by atomic mass is 35.5. The van der Waals surface area contributed by atoms with Gasteiger partial charge >= 0.3 is 0 Å². The van der Waals surface area contributed by atoms with Gasteiger partial charge in [-0.2, -0.15) is 0 Å². The van der Waals surface area contributed by atoms with Gasteiger partial charge in [0.2, 0.25) is 0 Å². The first-order chi connectivity index (χ1) is 13.3. The van der Waals surface area contributed by atoms with Crippen molar-refractivity contribution in [3.05, 3.63) is 77.1 Å². The monoisotopic (exact) mass is 418 g/mol. The van der Waals surface area contributed by atoms with E-state index in [1.807, 2.05) is 0 Å². The normalized spacial score (nSPS) is 12.9. The van der Waals surface area contributed by atoms with Crippen molar-refractivity contribution in [2.45, 2.75) is 4.90 Å². The molecule has 0 saturated carbocycles. The number of fused-ring (bicyclic) bond motifs is 2. The Balaban J connectivity index is 1.68. The average molecular weight is 419 g/mol. The highest BCUT2D eigenvalue weighted by molar-refractivity contribution is 7.92. The van der Waals surface area contributed by atoms with Gasteiger partial charge < -0.3 is 10.1 Å². The van der Waals surface area contributed by atoms with Crippen molar-refractivity contribution in [2.75, 3.05) is 10.0 Å². The van der Waals surface area contributed by atoms with Gasteiger partial charge in [0.05, 0.1) is 16.1 Å². The lowest BCUT2D eigenvalue weighted by Gasteiger charge is -2.11. The number of rotatable bonds is 3. The minimum atomic E-state index is -4.03. The zero-order chi connectivity index (χ0) is 19.9. The van der Waals surface area contributed by atoms with Gasteiger partial charge in [0.1, 0.15) is 11.6 Å². The lowest BCUT2D eigenvalue weighted by molar-refractivity contribution is 0.102. The van der Waals surface area contributed by atoms with E-state index in [0.717, 1.165) is 12.1 Å². The van der Waals surface area contributed by atoms with Gasteiger partial charge in [0.15, 0.2) is 5.75 Å². The van der Waals surface area contributed by atoms with Crippen molar-refractivity contribution in [3.63, 3.8) is 0 Å². The number of carbonyl (C=O) groups is 1. The number of nitrogens with one attached hydrogen (secondary N) is 2. The van der Waals surface area contributed by atoms with Gasteiger partial charge in [-0.1, -0.05) is 17.7 Å². The van der Waals surface area contributed by atoms with Crippen LogP contribution in [0.3, 0.4) is 0 Å². The van der Waals surface area contributed by atoms with Crippen LogP contribution < -0.4 is 14.8 Å². The maximum absolute atomic E-state index is 13.3. The second kappa shape index (κ2) is 6.81. The number of ether oxygens (including phenoxy) is 1. The van der Waals surface area contributed by atoms with Crippen LogP contribution in [-0.2, 0) is 10.0 Å². The molecule has 0 aliphatic carbocycles.